The fourth-order valence-electron chi connectivity index (χ4n) is 3.81. The van der Waals surface area contributed by atoms with E-state index in [0.29, 0.717) is 17.2 Å². The number of hydrogen-bond donors (Lipinski definition) is 4. The van der Waals surface area contributed by atoms with E-state index in [4.69, 9.17) is 4.74 Å². The molecule has 0 aliphatic heterocycles. The molecule has 2 aliphatic carbocycles. The molecule has 2 aromatic heterocycles. The molecule has 1 atom stereocenters. The molecular formula is C20H27N5O5S2. The van der Waals surface area contributed by atoms with Gasteiger partial charge in [-0.05, 0) is 55.7 Å². The van der Waals surface area contributed by atoms with Gasteiger partial charge in [0.2, 0.25) is 4.96 Å². The highest BCUT2D eigenvalue weighted by molar-refractivity contribution is 8.01. The summed E-state index contributed by atoms with van der Waals surface area (Å²) < 4.78 is 10.3. The number of aliphatic hydroxyl groups is 3. The van der Waals surface area contributed by atoms with Gasteiger partial charge in [-0.25, -0.2) is 9.50 Å². The Morgan fingerprint density at radius 3 is 2.72 bits per heavy atom. The van der Waals surface area contributed by atoms with Gasteiger partial charge in [0.15, 0.2) is 0 Å². The van der Waals surface area contributed by atoms with Crippen molar-refractivity contribution in [3.63, 3.8) is 0 Å². The number of nitrogens with one attached hydrogen (secondary N) is 1. The number of rotatable bonds is 8. The second kappa shape index (κ2) is 9.67. The Bertz CT molecular complexity index is 1020. The molecule has 12 heteroatoms. The molecule has 0 aromatic carbocycles. The maximum absolute atomic E-state index is 10.7. The van der Waals surface area contributed by atoms with E-state index in [9.17, 15) is 20.2 Å². The molecule has 4 rings (SSSR count). The lowest BCUT2D eigenvalue weighted by Gasteiger charge is -2.29. The van der Waals surface area contributed by atoms with Crippen LogP contribution in [0.15, 0.2) is 28.4 Å². The van der Waals surface area contributed by atoms with Crippen LogP contribution in [0.3, 0.4) is 0 Å². The van der Waals surface area contributed by atoms with Crippen molar-refractivity contribution in [2.45, 2.75) is 76.2 Å². The van der Waals surface area contributed by atoms with Crippen molar-refractivity contribution in [2.24, 2.45) is 5.18 Å². The second-order valence-corrected chi connectivity index (χ2v) is 10.3. The zero-order valence-corrected chi connectivity index (χ0v) is 19.5. The predicted octanol–water partition coefficient (Wildman–Crippen LogP) is 2.87. The van der Waals surface area contributed by atoms with Crippen LogP contribution in [0.5, 0.6) is 0 Å². The summed E-state index contributed by atoms with van der Waals surface area (Å²) >= 11 is 2.89. The van der Waals surface area contributed by atoms with E-state index in [1.807, 2.05) is 16.7 Å². The maximum atomic E-state index is 10.7. The zero-order valence-electron chi connectivity index (χ0n) is 17.8. The minimum Gasteiger partial charge on any atom is -0.319 e. The number of allylic oxidation sites excluding steroid dienone is 2. The summed E-state index contributed by atoms with van der Waals surface area (Å²) in [6.07, 6.45) is 5.06. The van der Waals surface area contributed by atoms with Crippen LogP contribution in [0.25, 0.3) is 10.5 Å². The van der Waals surface area contributed by atoms with E-state index < -0.39 is 12.3 Å². The fourth-order valence-corrected chi connectivity index (χ4v) is 5.69. The maximum Gasteiger partial charge on any atom is 0.405 e. The van der Waals surface area contributed by atoms with Gasteiger partial charge < -0.3 is 15.3 Å². The SMILES string of the molecule is CC(C)c1nn2c(C3=CCC(OC(O)(O)O)C(SNC4CCC(N=O)CC4)=C3)cnc2s1. The molecule has 1 unspecified atom stereocenters. The molecule has 0 spiro atoms. The van der Waals surface area contributed by atoms with Gasteiger partial charge in [0, 0.05) is 16.9 Å². The quantitative estimate of drug-likeness (QED) is 0.254. The Labute approximate surface area is 193 Å². The van der Waals surface area contributed by atoms with Crippen LogP contribution >= 0.6 is 23.3 Å². The molecule has 1 saturated carbocycles. The fraction of sp³-hybridized carbons (Fsp3) is 0.600. The molecule has 2 heterocycles. The normalized spacial score (nSPS) is 24.6. The van der Waals surface area contributed by atoms with Gasteiger partial charge in [-0.1, -0.05) is 36.4 Å². The molecule has 0 amide bonds. The average molecular weight is 482 g/mol. The standard InChI is InChI=1S/C20H27N5O5S2/c1-11(2)18-22-25-15(10-21-19(25)31-18)12-3-8-16(30-20(26,27)28)17(9-12)32-24-14-6-4-13(23-29)5-7-14/h3,9-11,13-14,16,24,26-28H,4-8H2,1-2H3. The molecule has 0 saturated heterocycles. The number of imidazole rings is 1. The lowest BCUT2D eigenvalue weighted by molar-refractivity contribution is -0.462. The minimum atomic E-state index is -3.23. The van der Waals surface area contributed by atoms with Crippen molar-refractivity contribution in [3.05, 3.63) is 38.9 Å². The number of ether oxygens (including phenoxy) is 1. The Hall–Kier alpha value is -1.67. The highest BCUT2D eigenvalue weighted by Gasteiger charge is 2.31. The molecule has 4 N–H and O–H groups in total. The van der Waals surface area contributed by atoms with Gasteiger partial charge in [-0.3, -0.25) is 9.46 Å². The Morgan fingerprint density at radius 1 is 1.31 bits per heavy atom. The molecule has 0 bridgehead atoms. The zero-order chi connectivity index (χ0) is 22.9. The first-order valence-electron chi connectivity index (χ1n) is 10.6. The number of aromatic nitrogens is 3. The van der Waals surface area contributed by atoms with Gasteiger partial charge in [0.25, 0.3) is 0 Å². The smallest absolute Gasteiger partial charge is 0.319 e. The Balaban J connectivity index is 1.54. The van der Waals surface area contributed by atoms with Gasteiger partial charge >= 0.3 is 6.16 Å². The monoisotopic (exact) mass is 481 g/mol. The summed E-state index contributed by atoms with van der Waals surface area (Å²) in [7, 11) is 0. The predicted molar refractivity (Wildman–Crippen MR) is 122 cm³/mol. The van der Waals surface area contributed by atoms with Crippen molar-refractivity contribution in [3.8, 4) is 0 Å². The van der Waals surface area contributed by atoms with Crippen LogP contribution in [0.1, 0.15) is 62.6 Å². The highest BCUT2D eigenvalue weighted by Crippen LogP contribution is 2.35. The summed E-state index contributed by atoms with van der Waals surface area (Å²) in [5.74, 6) is 0.301. The molecule has 0 radical (unpaired) electrons. The second-order valence-electron chi connectivity index (χ2n) is 8.39. The van der Waals surface area contributed by atoms with Gasteiger partial charge in [0.05, 0.1) is 17.9 Å². The molecule has 10 nitrogen and oxygen atoms in total. The third kappa shape index (κ3) is 5.45. The van der Waals surface area contributed by atoms with Crippen molar-refractivity contribution >= 4 is 33.8 Å². The Morgan fingerprint density at radius 2 is 2.06 bits per heavy atom. The van der Waals surface area contributed by atoms with Crippen molar-refractivity contribution in [2.75, 3.05) is 0 Å². The topological polar surface area (TPSA) is 142 Å². The van der Waals surface area contributed by atoms with E-state index in [1.165, 1.54) is 11.9 Å². The van der Waals surface area contributed by atoms with Gasteiger partial charge in [-0.15, -0.1) is 0 Å². The number of nitrogens with zero attached hydrogens (tertiary/aromatic N) is 4. The average Bonchev–Trinajstić information content (AvgIpc) is 3.33. The third-order valence-electron chi connectivity index (χ3n) is 5.55. The number of hydrogen-bond acceptors (Lipinski definition) is 11. The Kier molecular flexibility index (Phi) is 7.10. The summed E-state index contributed by atoms with van der Waals surface area (Å²) in [5, 5.41) is 36.9. The van der Waals surface area contributed by atoms with E-state index in [-0.39, 0.29) is 12.1 Å². The first-order chi connectivity index (χ1) is 15.2. The number of nitroso groups, excluding NO2 is 1. The summed E-state index contributed by atoms with van der Waals surface area (Å²) in [5.41, 5.74) is 1.72. The molecule has 174 valence electrons. The summed E-state index contributed by atoms with van der Waals surface area (Å²) in [6, 6.07) is 0.0827. The summed E-state index contributed by atoms with van der Waals surface area (Å²) in [6.45, 7) is 4.17. The van der Waals surface area contributed by atoms with Crippen molar-refractivity contribution < 1.29 is 20.1 Å². The van der Waals surface area contributed by atoms with Crippen LogP contribution in [-0.4, -0.2) is 54.3 Å². The van der Waals surface area contributed by atoms with Crippen molar-refractivity contribution in [1.29, 1.82) is 0 Å². The molecular weight excluding hydrogens is 454 g/mol. The van der Waals surface area contributed by atoms with E-state index in [2.05, 4.69) is 33.8 Å². The first-order valence-corrected chi connectivity index (χ1v) is 12.2. The van der Waals surface area contributed by atoms with Crippen LogP contribution in [0.2, 0.25) is 0 Å². The molecule has 2 aliphatic rings. The largest absolute Gasteiger partial charge is 0.405 e. The van der Waals surface area contributed by atoms with Crippen LogP contribution < -0.4 is 4.72 Å². The van der Waals surface area contributed by atoms with Crippen LogP contribution in [-0.2, 0) is 4.74 Å². The van der Waals surface area contributed by atoms with Gasteiger partial charge in [-0.2, -0.15) is 10.0 Å². The lowest BCUT2D eigenvalue weighted by atomic mass is 9.92. The summed E-state index contributed by atoms with van der Waals surface area (Å²) in [4.78, 5) is 16.7. The van der Waals surface area contributed by atoms with E-state index in [1.54, 1.807) is 17.5 Å². The highest BCUT2D eigenvalue weighted by atomic mass is 32.2. The van der Waals surface area contributed by atoms with E-state index in [0.717, 1.165) is 46.9 Å². The van der Waals surface area contributed by atoms with Crippen LogP contribution in [0, 0.1) is 4.91 Å². The number of fused-ring (bicyclic) bond motifs is 1. The van der Waals surface area contributed by atoms with E-state index >= 15 is 0 Å². The lowest BCUT2D eigenvalue weighted by Crippen LogP contribution is -2.37. The van der Waals surface area contributed by atoms with Crippen LogP contribution in [0.4, 0.5) is 0 Å². The first kappa shape index (κ1) is 23.5. The third-order valence-corrected chi connectivity index (χ3v) is 7.84. The van der Waals surface area contributed by atoms with Crippen molar-refractivity contribution in [1.82, 2.24) is 19.3 Å². The molecule has 1 fully saturated rings. The molecule has 2 aromatic rings. The van der Waals surface area contributed by atoms with Gasteiger partial charge in [0.1, 0.15) is 11.1 Å². The minimum absolute atomic E-state index is 0.116. The molecule has 32 heavy (non-hydrogen) atoms.